The average Bonchev–Trinajstić information content (AvgIpc) is 2.48. The van der Waals surface area contributed by atoms with Crippen LogP contribution in [-0.2, 0) is 0 Å². The number of aromatic nitrogens is 1. The molecule has 0 atom stereocenters. The number of ether oxygens (including phenoxy) is 1. The number of benzene rings is 1. The van der Waals surface area contributed by atoms with Crippen LogP contribution in [0, 0.1) is 5.95 Å². The lowest BCUT2D eigenvalue weighted by Crippen LogP contribution is -2.00. The summed E-state index contributed by atoms with van der Waals surface area (Å²) in [5, 5.41) is 0. The van der Waals surface area contributed by atoms with Gasteiger partial charge in [-0.05, 0) is 36.4 Å². The molecule has 4 nitrogen and oxygen atoms in total. The third-order valence-electron chi connectivity index (χ3n) is 2.64. The quantitative estimate of drug-likeness (QED) is 0.476. The van der Waals surface area contributed by atoms with E-state index in [1.165, 1.54) is 18.5 Å². The maximum Gasteiger partial charge on any atom is 0.212 e. The molecule has 0 aliphatic heterocycles. The molecule has 20 heavy (non-hydrogen) atoms. The van der Waals surface area contributed by atoms with Crippen LogP contribution < -0.4 is 4.74 Å². The highest BCUT2D eigenvalue weighted by molar-refractivity contribution is 6.03. The van der Waals surface area contributed by atoms with Gasteiger partial charge in [-0.1, -0.05) is 0 Å². The largest absolute Gasteiger partial charge is 0.497 e. The van der Waals surface area contributed by atoms with Gasteiger partial charge in [0.05, 0.1) is 12.8 Å². The van der Waals surface area contributed by atoms with Crippen LogP contribution in [0.4, 0.5) is 10.1 Å². The molecule has 0 saturated heterocycles. The van der Waals surface area contributed by atoms with E-state index in [9.17, 15) is 9.18 Å². The number of nitrogens with zero attached hydrogens (tertiary/aromatic N) is 2. The Morgan fingerprint density at radius 1 is 1.30 bits per heavy atom. The molecule has 2 aromatic rings. The predicted molar refractivity (Wildman–Crippen MR) is 74.3 cm³/mol. The zero-order valence-electron chi connectivity index (χ0n) is 10.9. The average molecular weight is 271 g/mol. The summed E-state index contributed by atoms with van der Waals surface area (Å²) in [5.74, 6) is -0.0133. The van der Waals surface area contributed by atoms with Crippen LogP contribution in [0.3, 0.4) is 0 Å². The lowest BCUT2D eigenvalue weighted by molar-refractivity contribution is 0.100. The van der Waals surface area contributed by atoms with Crippen LogP contribution >= 0.6 is 0 Å². The van der Waals surface area contributed by atoms with E-state index < -0.39 is 5.95 Å². The molecule has 0 fully saturated rings. The zero-order chi connectivity index (χ0) is 14.4. The minimum Gasteiger partial charge on any atom is -0.497 e. The van der Waals surface area contributed by atoms with Gasteiger partial charge in [-0.2, -0.15) is 4.39 Å². The van der Waals surface area contributed by atoms with E-state index >= 15 is 0 Å². The molecule has 0 spiro atoms. The zero-order valence-corrected chi connectivity index (χ0v) is 10.9. The number of carbonyl (C=O) groups excluding carboxylic acids is 1. The Morgan fingerprint density at radius 2 is 2.05 bits per heavy atom. The Morgan fingerprint density at radius 3 is 2.65 bits per heavy atom. The fourth-order valence-corrected chi connectivity index (χ4v) is 1.56. The summed E-state index contributed by atoms with van der Waals surface area (Å²) in [6.07, 6.45) is 2.88. The lowest BCUT2D eigenvalue weighted by Gasteiger charge is -1.99. The van der Waals surface area contributed by atoms with Gasteiger partial charge in [-0.25, -0.2) is 4.98 Å². The molecule has 2 rings (SSSR count). The second-order valence-electron chi connectivity index (χ2n) is 4.01. The summed E-state index contributed by atoms with van der Waals surface area (Å²) in [4.78, 5) is 19.4. The molecule has 0 saturated carbocycles. The topological polar surface area (TPSA) is 51.5 Å². The van der Waals surface area contributed by atoms with Gasteiger partial charge in [0, 0.05) is 24.4 Å². The highest BCUT2D eigenvalue weighted by Gasteiger charge is 2.04. The number of halogens is 1. The van der Waals surface area contributed by atoms with Gasteiger partial charge >= 0.3 is 0 Å². The van der Waals surface area contributed by atoms with Crippen molar-refractivity contribution in [1.29, 1.82) is 0 Å². The van der Waals surface area contributed by atoms with Crippen molar-refractivity contribution in [3.8, 4) is 5.75 Å². The fraction of sp³-hybridized carbons (Fsp3) is 0.133. The standard InChI is InChI=1S/C15H13FN2O2/c1-20-13-5-3-12(4-6-13)17-9-8-14(19)11-2-7-15(16)18-10-11/h2-7,9-10H,8H2,1H3/i16-1. The van der Waals surface area contributed by atoms with Gasteiger partial charge in [-0.3, -0.25) is 9.79 Å². The van der Waals surface area contributed by atoms with Gasteiger partial charge in [0.2, 0.25) is 5.95 Å². The van der Waals surface area contributed by atoms with Gasteiger partial charge in [0.25, 0.3) is 0 Å². The van der Waals surface area contributed by atoms with Crippen molar-refractivity contribution in [2.45, 2.75) is 6.42 Å². The van der Waals surface area contributed by atoms with Crippen molar-refractivity contribution >= 4 is 17.7 Å². The number of hydrogen-bond donors (Lipinski definition) is 0. The molecule has 0 N–H and O–H groups in total. The Kier molecular flexibility index (Phi) is 4.55. The minimum absolute atomic E-state index is 0.138. The second-order valence-corrected chi connectivity index (χ2v) is 4.01. The highest BCUT2D eigenvalue weighted by atomic mass is 18.2. The van der Waals surface area contributed by atoms with Crippen molar-refractivity contribution in [2.75, 3.05) is 7.11 Å². The normalized spacial score (nSPS) is 10.7. The van der Waals surface area contributed by atoms with E-state index in [1.54, 1.807) is 31.4 Å². The molecule has 0 bridgehead atoms. The van der Waals surface area contributed by atoms with Crippen LogP contribution in [0.5, 0.6) is 5.75 Å². The fourth-order valence-electron chi connectivity index (χ4n) is 1.56. The molecule has 102 valence electrons. The van der Waals surface area contributed by atoms with Crippen LogP contribution in [0.15, 0.2) is 47.6 Å². The summed E-state index contributed by atoms with van der Waals surface area (Å²) in [7, 11) is 1.59. The summed E-state index contributed by atoms with van der Waals surface area (Å²) < 4.78 is 17.7. The Balaban J connectivity index is 1.95. The summed E-state index contributed by atoms with van der Waals surface area (Å²) >= 11 is 0. The first kappa shape index (κ1) is 13.9. The summed E-state index contributed by atoms with van der Waals surface area (Å²) in [6, 6.07) is 9.73. The third kappa shape index (κ3) is 3.71. The molecular weight excluding hydrogens is 258 g/mol. The number of Topliss-reactive ketones (excluding diaryl/α,β-unsaturated/α-hetero) is 1. The number of rotatable bonds is 5. The van der Waals surface area contributed by atoms with E-state index in [2.05, 4.69) is 9.98 Å². The molecule has 0 aliphatic carbocycles. The number of carbonyl (C=O) groups is 1. The molecule has 0 aliphatic rings. The third-order valence-corrected chi connectivity index (χ3v) is 2.64. The van der Waals surface area contributed by atoms with E-state index in [4.69, 9.17) is 4.74 Å². The van der Waals surface area contributed by atoms with E-state index in [0.717, 1.165) is 17.5 Å². The van der Waals surface area contributed by atoms with Crippen molar-refractivity contribution in [3.63, 3.8) is 0 Å². The van der Waals surface area contributed by atoms with E-state index in [0.29, 0.717) is 5.56 Å². The monoisotopic (exact) mass is 271 g/mol. The lowest BCUT2D eigenvalue weighted by atomic mass is 10.1. The van der Waals surface area contributed by atoms with Crippen LogP contribution in [0.2, 0.25) is 0 Å². The van der Waals surface area contributed by atoms with Crippen LogP contribution in [-0.4, -0.2) is 24.1 Å². The van der Waals surface area contributed by atoms with Crippen molar-refractivity contribution in [1.82, 2.24) is 4.98 Å². The second kappa shape index (κ2) is 6.56. The molecule has 0 unspecified atom stereocenters. The Labute approximate surface area is 116 Å². The van der Waals surface area contributed by atoms with Crippen LogP contribution in [0.1, 0.15) is 16.8 Å². The molecule has 1 aromatic carbocycles. The maximum absolute atomic E-state index is 12.6. The van der Waals surface area contributed by atoms with E-state index in [-0.39, 0.29) is 12.2 Å². The van der Waals surface area contributed by atoms with Gasteiger partial charge < -0.3 is 4.74 Å². The molecule has 0 amide bonds. The summed E-state index contributed by atoms with van der Waals surface area (Å²) in [6.45, 7) is 0. The highest BCUT2D eigenvalue weighted by Crippen LogP contribution is 2.17. The molecule has 5 heteroatoms. The van der Waals surface area contributed by atoms with Crippen molar-refractivity contribution in [2.24, 2.45) is 4.99 Å². The Bertz CT molecular complexity index is 607. The number of hydrogen-bond acceptors (Lipinski definition) is 4. The van der Waals surface area contributed by atoms with Crippen LogP contribution in [0.25, 0.3) is 0 Å². The molecule has 1 aromatic heterocycles. The molecule has 0 radical (unpaired) electrons. The minimum atomic E-state index is -0.603. The molecule has 1 heterocycles. The smallest absolute Gasteiger partial charge is 0.212 e. The van der Waals surface area contributed by atoms with Gasteiger partial charge in [0.1, 0.15) is 5.75 Å². The number of pyridine rings is 1. The SMILES string of the molecule is COc1ccc(N=CCC(=O)c2ccc([18F])nc2)cc1. The number of methoxy groups -OCH3 is 1. The molecular formula is C15H13FN2O2. The van der Waals surface area contributed by atoms with E-state index in [1.807, 2.05) is 0 Å². The van der Waals surface area contributed by atoms with Gasteiger partial charge in [0.15, 0.2) is 5.78 Å². The Hall–Kier alpha value is -2.56. The van der Waals surface area contributed by atoms with Gasteiger partial charge in [-0.15, -0.1) is 0 Å². The first-order chi connectivity index (χ1) is 9.69. The maximum atomic E-state index is 12.6. The van der Waals surface area contributed by atoms with Crippen molar-refractivity contribution < 1.29 is 13.9 Å². The number of aliphatic imine (C=N–C) groups is 1. The number of ketones is 1. The van der Waals surface area contributed by atoms with Crippen molar-refractivity contribution in [3.05, 3.63) is 54.1 Å². The first-order valence-corrected chi connectivity index (χ1v) is 6.00. The first-order valence-electron chi connectivity index (χ1n) is 6.00. The predicted octanol–water partition coefficient (Wildman–Crippen LogP) is 3.20. The summed E-state index contributed by atoms with van der Waals surface area (Å²) in [5.41, 5.74) is 1.10.